The average molecular weight is 407 g/mol. The number of hydrogen-bond acceptors (Lipinski definition) is 5. The number of para-hydroxylation sites is 1. The molecule has 0 bridgehead atoms. The number of carbonyl (C=O) groups is 1. The number of ether oxygens (including phenoxy) is 1. The highest BCUT2D eigenvalue weighted by Crippen LogP contribution is 2.15. The molecule has 0 aliphatic carbocycles. The Morgan fingerprint density at radius 3 is 2.50 bits per heavy atom. The van der Waals surface area contributed by atoms with Crippen molar-refractivity contribution >= 4 is 15.9 Å². The summed E-state index contributed by atoms with van der Waals surface area (Å²) in [5, 5.41) is 6.99. The van der Waals surface area contributed by atoms with Crippen molar-refractivity contribution < 1.29 is 17.9 Å². The highest BCUT2D eigenvalue weighted by molar-refractivity contribution is 7.89. The molecule has 1 saturated heterocycles. The molecule has 1 aliphatic heterocycles. The number of aromatic nitrogens is 2. The summed E-state index contributed by atoms with van der Waals surface area (Å²) in [5.74, 6) is -0.548. The van der Waals surface area contributed by atoms with Crippen LogP contribution in [0.5, 0.6) is 0 Å². The zero-order valence-electron chi connectivity index (χ0n) is 16.3. The Morgan fingerprint density at radius 2 is 1.86 bits per heavy atom. The number of amides is 1. The summed E-state index contributed by atoms with van der Waals surface area (Å²) in [6.45, 7) is 6.26. The number of nitrogens with one attached hydrogen (secondary N) is 1. The third-order valence-electron chi connectivity index (χ3n) is 4.55. The molecule has 9 heteroatoms. The van der Waals surface area contributed by atoms with Crippen molar-refractivity contribution in [3.63, 3.8) is 0 Å². The van der Waals surface area contributed by atoms with Crippen LogP contribution in [0.4, 0.5) is 0 Å². The molecule has 2 aromatic rings. The normalized spacial score (nSPS) is 20.8. The predicted molar refractivity (Wildman–Crippen MR) is 106 cm³/mol. The maximum atomic E-state index is 12.5. The number of benzene rings is 1. The van der Waals surface area contributed by atoms with Gasteiger partial charge in [0.1, 0.15) is 0 Å². The zero-order valence-corrected chi connectivity index (χ0v) is 17.1. The first-order chi connectivity index (χ1) is 13.3. The van der Waals surface area contributed by atoms with E-state index in [9.17, 15) is 13.2 Å². The van der Waals surface area contributed by atoms with E-state index in [1.165, 1.54) is 4.31 Å². The average Bonchev–Trinajstić information content (AvgIpc) is 3.03. The van der Waals surface area contributed by atoms with Crippen molar-refractivity contribution in [2.45, 2.75) is 33.0 Å². The van der Waals surface area contributed by atoms with E-state index in [2.05, 4.69) is 10.4 Å². The van der Waals surface area contributed by atoms with Crippen molar-refractivity contribution in [1.82, 2.24) is 19.4 Å². The van der Waals surface area contributed by atoms with Crippen LogP contribution < -0.4 is 5.32 Å². The SMILES string of the molecule is Cc1cc(C(=O)NCCS(=O)(=O)N2CC(C)OC(C)C2)nn1-c1ccccc1. The van der Waals surface area contributed by atoms with Crippen molar-refractivity contribution in [3.05, 3.63) is 47.8 Å². The summed E-state index contributed by atoms with van der Waals surface area (Å²) in [6.07, 6.45) is -0.281. The predicted octanol–water partition coefficient (Wildman–Crippen LogP) is 1.35. The van der Waals surface area contributed by atoms with E-state index in [4.69, 9.17) is 4.74 Å². The quantitative estimate of drug-likeness (QED) is 0.782. The van der Waals surface area contributed by atoms with Crippen LogP contribution in [0.15, 0.2) is 36.4 Å². The van der Waals surface area contributed by atoms with Gasteiger partial charge in [0, 0.05) is 25.3 Å². The lowest BCUT2D eigenvalue weighted by molar-refractivity contribution is -0.0440. The number of sulfonamides is 1. The van der Waals surface area contributed by atoms with E-state index in [1.807, 2.05) is 51.1 Å². The fourth-order valence-corrected chi connectivity index (χ4v) is 4.78. The van der Waals surface area contributed by atoms with Gasteiger partial charge in [-0.1, -0.05) is 18.2 Å². The monoisotopic (exact) mass is 406 g/mol. The maximum absolute atomic E-state index is 12.5. The smallest absolute Gasteiger partial charge is 0.271 e. The van der Waals surface area contributed by atoms with Gasteiger partial charge in [0.05, 0.1) is 23.6 Å². The van der Waals surface area contributed by atoms with Gasteiger partial charge >= 0.3 is 0 Å². The molecule has 0 radical (unpaired) electrons. The second-order valence-electron chi connectivity index (χ2n) is 7.06. The molecule has 1 aromatic heterocycles. The Kier molecular flexibility index (Phi) is 6.17. The summed E-state index contributed by atoms with van der Waals surface area (Å²) in [5.41, 5.74) is 1.94. The van der Waals surface area contributed by atoms with Crippen LogP contribution in [0.25, 0.3) is 5.69 Å². The van der Waals surface area contributed by atoms with Crippen LogP contribution in [0, 0.1) is 6.92 Å². The van der Waals surface area contributed by atoms with Gasteiger partial charge in [0.15, 0.2) is 5.69 Å². The lowest BCUT2D eigenvalue weighted by Gasteiger charge is -2.34. The van der Waals surface area contributed by atoms with E-state index in [0.29, 0.717) is 13.1 Å². The first-order valence-electron chi connectivity index (χ1n) is 9.30. The van der Waals surface area contributed by atoms with Crippen molar-refractivity contribution in [2.75, 3.05) is 25.4 Å². The Hall–Kier alpha value is -2.23. The fourth-order valence-electron chi connectivity index (χ4n) is 3.29. The van der Waals surface area contributed by atoms with Gasteiger partial charge < -0.3 is 10.1 Å². The Balaban J connectivity index is 1.59. The number of carbonyl (C=O) groups excluding carboxylic acids is 1. The number of hydrogen-bond donors (Lipinski definition) is 1. The second kappa shape index (κ2) is 8.42. The summed E-state index contributed by atoms with van der Waals surface area (Å²) < 4.78 is 33.8. The standard InChI is InChI=1S/C19H26N4O4S/c1-14-11-18(21-23(14)17-7-5-4-6-8-17)19(24)20-9-10-28(25,26)22-12-15(2)27-16(3)13-22/h4-8,11,15-16H,9-10,12-13H2,1-3H3,(H,20,24). The summed E-state index contributed by atoms with van der Waals surface area (Å²) in [6, 6.07) is 11.2. The number of aryl methyl sites for hydroxylation is 1. The molecule has 3 rings (SSSR count). The molecule has 1 fully saturated rings. The van der Waals surface area contributed by atoms with Gasteiger partial charge in [-0.25, -0.2) is 13.1 Å². The summed E-state index contributed by atoms with van der Waals surface area (Å²) in [7, 11) is -3.46. The molecule has 1 amide bonds. The number of nitrogens with zero attached hydrogens (tertiary/aromatic N) is 3. The fraction of sp³-hybridized carbons (Fsp3) is 0.474. The lowest BCUT2D eigenvalue weighted by atomic mass is 10.3. The van der Waals surface area contributed by atoms with Crippen molar-refractivity contribution in [2.24, 2.45) is 0 Å². The molecule has 28 heavy (non-hydrogen) atoms. The zero-order chi connectivity index (χ0) is 20.3. The Labute approximate surface area is 165 Å². The molecular weight excluding hydrogens is 380 g/mol. The highest BCUT2D eigenvalue weighted by atomic mass is 32.2. The molecule has 8 nitrogen and oxygen atoms in total. The lowest BCUT2D eigenvalue weighted by Crippen LogP contribution is -2.49. The van der Waals surface area contributed by atoms with Crippen molar-refractivity contribution in [3.8, 4) is 5.69 Å². The van der Waals surface area contributed by atoms with Crippen LogP contribution in [0.3, 0.4) is 0 Å². The van der Waals surface area contributed by atoms with Gasteiger partial charge in [-0.15, -0.1) is 0 Å². The third kappa shape index (κ3) is 4.78. The molecule has 2 unspecified atom stereocenters. The van der Waals surface area contributed by atoms with E-state index >= 15 is 0 Å². The van der Waals surface area contributed by atoms with Crippen molar-refractivity contribution in [1.29, 1.82) is 0 Å². The van der Waals surface area contributed by atoms with Crippen LogP contribution in [0.1, 0.15) is 30.0 Å². The van der Waals surface area contributed by atoms with Gasteiger partial charge in [-0.3, -0.25) is 4.79 Å². The van der Waals surface area contributed by atoms with Gasteiger partial charge in [-0.05, 0) is 39.0 Å². The minimum absolute atomic E-state index is 0.0263. The number of morpholine rings is 1. The molecule has 152 valence electrons. The molecule has 2 atom stereocenters. The highest BCUT2D eigenvalue weighted by Gasteiger charge is 2.30. The van der Waals surface area contributed by atoms with Crippen LogP contribution in [0.2, 0.25) is 0 Å². The minimum Gasteiger partial charge on any atom is -0.373 e. The first kappa shape index (κ1) is 20.5. The molecule has 2 heterocycles. The largest absolute Gasteiger partial charge is 0.373 e. The van der Waals surface area contributed by atoms with E-state index in [0.717, 1.165) is 11.4 Å². The number of rotatable bonds is 6. The van der Waals surface area contributed by atoms with Crippen LogP contribution in [-0.2, 0) is 14.8 Å². The Morgan fingerprint density at radius 1 is 1.21 bits per heavy atom. The van der Waals surface area contributed by atoms with E-state index in [-0.39, 0.29) is 30.2 Å². The van der Waals surface area contributed by atoms with E-state index in [1.54, 1.807) is 10.7 Å². The molecule has 1 aliphatic rings. The van der Waals surface area contributed by atoms with Gasteiger partial charge in [0.25, 0.3) is 5.91 Å². The summed E-state index contributed by atoms with van der Waals surface area (Å²) >= 11 is 0. The van der Waals surface area contributed by atoms with Crippen LogP contribution in [-0.4, -0.2) is 66.0 Å². The Bertz CT molecular complexity index is 917. The molecular formula is C19H26N4O4S. The minimum atomic E-state index is -3.46. The first-order valence-corrected chi connectivity index (χ1v) is 10.9. The topological polar surface area (TPSA) is 93.5 Å². The second-order valence-corrected chi connectivity index (χ2v) is 9.15. The van der Waals surface area contributed by atoms with E-state index < -0.39 is 15.9 Å². The molecule has 1 aromatic carbocycles. The van der Waals surface area contributed by atoms with Gasteiger partial charge in [0.2, 0.25) is 10.0 Å². The molecule has 0 spiro atoms. The third-order valence-corrected chi connectivity index (χ3v) is 6.35. The van der Waals surface area contributed by atoms with Crippen LogP contribution >= 0.6 is 0 Å². The molecule has 1 N–H and O–H groups in total. The summed E-state index contributed by atoms with van der Waals surface area (Å²) in [4.78, 5) is 12.4. The van der Waals surface area contributed by atoms with Gasteiger partial charge in [-0.2, -0.15) is 9.40 Å². The maximum Gasteiger partial charge on any atom is 0.271 e. The molecule has 0 saturated carbocycles.